The van der Waals surface area contributed by atoms with Crippen molar-refractivity contribution in [2.75, 3.05) is 38.6 Å². The molecule has 2 aromatic rings. The topological polar surface area (TPSA) is 47.2 Å². The maximum Gasteiger partial charge on any atom is 0.282 e. The van der Waals surface area contributed by atoms with Gasteiger partial charge in [0.15, 0.2) is 6.04 Å². The third kappa shape index (κ3) is 5.45. The molecule has 3 rings (SSSR count). The van der Waals surface area contributed by atoms with Gasteiger partial charge in [-0.15, -0.1) is 0 Å². The van der Waals surface area contributed by atoms with Crippen LogP contribution in [0.3, 0.4) is 0 Å². The SMILES string of the molecule is COc1cccc(NC(=O)[C@H](C)[NH+]2CC[NH+](Cc3cccc(Cl)c3)CC2)c1. The van der Waals surface area contributed by atoms with E-state index in [4.69, 9.17) is 16.3 Å². The van der Waals surface area contributed by atoms with Crippen LogP contribution in [-0.2, 0) is 11.3 Å². The summed E-state index contributed by atoms with van der Waals surface area (Å²) in [6.45, 7) is 7.08. The molecule has 1 atom stereocenters. The van der Waals surface area contributed by atoms with E-state index >= 15 is 0 Å². The molecule has 1 aliphatic heterocycles. The molecule has 1 amide bonds. The van der Waals surface area contributed by atoms with Gasteiger partial charge in [-0.1, -0.05) is 29.8 Å². The fraction of sp³-hybridized carbons (Fsp3) is 0.381. The normalized spacial score (nSPS) is 20.7. The molecule has 5 nitrogen and oxygen atoms in total. The molecule has 0 saturated carbocycles. The van der Waals surface area contributed by atoms with Gasteiger partial charge in [-0.2, -0.15) is 0 Å². The first-order valence-electron chi connectivity index (χ1n) is 9.42. The fourth-order valence-electron chi connectivity index (χ4n) is 3.61. The van der Waals surface area contributed by atoms with Crippen molar-refractivity contribution in [1.29, 1.82) is 0 Å². The zero-order chi connectivity index (χ0) is 19.2. The number of benzene rings is 2. The second-order valence-electron chi connectivity index (χ2n) is 7.16. The lowest BCUT2D eigenvalue weighted by atomic mass is 10.1. The Morgan fingerprint density at radius 2 is 1.89 bits per heavy atom. The van der Waals surface area contributed by atoms with Crippen LogP contribution in [0.2, 0.25) is 5.02 Å². The number of halogens is 1. The lowest BCUT2D eigenvalue weighted by Gasteiger charge is -2.32. The summed E-state index contributed by atoms with van der Waals surface area (Å²) in [7, 11) is 1.62. The number of anilines is 1. The number of hydrogen-bond donors (Lipinski definition) is 3. The molecule has 144 valence electrons. The highest BCUT2D eigenvalue weighted by atomic mass is 35.5. The molecule has 1 fully saturated rings. The molecular formula is C21H28ClN3O2+2. The second kappa shape index (κ2) is 9.22. The van der Waals surface area contributed by atoms with E-state index in [1.807, 2.05) is 49.4 Å². The molecule has 1 heterocycles. The van der Waals surface area contributed by atoms with Crippen LogP contribution in [0.5, 0.6) is 5.75 Å². The van der Waals surface area contributed by atoms with Crippen molar-refractivity contribution in [3.63, 3.8) is 0 Å². The van der Waals surface area contributed by atoms with Crippen molar-refractivity contribution < 1.29 is 19.3 Å². The van der Waals surface area contributed by atoms with Gasteiger partial charge in [0.25, 0.3) is 5.91 Å². The summed E-state index contributed by atoms with van der Waals surface area (Å²) >= 11 is 6.08. The van der Waals surface area contributed by atoms with E-state index in [9.17, 15) is 4.79 Å². The summed E-state index contributed by atoms with van der Waals surface area (Å²) in [5.74, 6) is 0.794. The Balaban J connectivity index is 1.50. The first-order chi connectivity index (χ1) is 13.0. The molecular weight excluding hydrogens is 362 g/mol. The van der Waals surface area contributed by atoms with Crippen molar-refractivity contribution in [2.24, 2.45) is 0 Å². The second-order valence-corrected chi connectivity index (χ2v) is 7.59. The Morgan fingerprint density at radius 3 is 2.59 bits per heavy atom. The van der Waals surface area contributed by atoms with Crippen LogP contribution in [0.25, 0.3) is 0 Å². The molecule has 1 aliphatic rings. The largest absolute Gasteiger partial charge is 0.497 e. The van der Waals surface area contributed by atoms with Crippen molar-refractivity contribution in [3.05, 3.63) is 59.1 Å². The maximum absolute atomic E-state index is 12.6. The van der Waals surface area contributed by atoms with E-state index in [0.29, 0.717) is 0 Å². The summed E-state index contributed by atoms with van der Waals surface area (Å²) in [6.07, 6.45) is 0. The highest BCUT2D eigenvalue weighted by Crippen LogP contribution is 2.16. The van der Waals surface area contributed by atoms with Gasteiger partial charge in [-0.05, 0) is 31.2 Å². The van der Waals surface area contributed by atoms with Crippen molar-refractivity contribution in [2.45, 2.75) is 19.5 Å². The van der Waals surface area contributed by atoms with E-state index in [0.717, 1.165) is 49.2 Å². The van der Waals surface area contributed by atoms with Crippen molar-refractivity contribution in [1.82, 2.24) is 0 Å². The van der Waals surface area contributed by atoms with Gasteiger partial charge in [0, 0.05) is 22.3 Å². The molecule has 1 saturated heterocycles. The standard InChI is InChI=1S/C21H26ClN3O2/c1-16(21(26)23-19-7-4-8-20(14-19)27-2)25-11-9-24(10-12-25)15-17-5-3-6-18(22)13-17/h3-8,13-14,16H,9-12,15H2,1-2H3,(H,23,26)/p+2/t16-/m0/s1. The van der Waals surface area contributed by atoms with Gasteiger partial charge in [-0.3, -0.25) is 4.79 Å². The Hall–Kier alpha value is -2.08. The predicted molar refractivity (Wildman–Crippen MR) is 108 cm³/mol. The minimum atomic E-state index is -0.0797. The summed E-state index contributed by atoms with van der Waals surface area (Å²) in [5, 5.41) is 3.80. The van der Waals surface area contributed by atoms with E-state index in [1.165, 1.54) is 10.5 Å². The molecule has 0 aromatic heterocycles. The van der Waals surface area contributed by atoms with Crippen molar-refractivity contribution in [3.8, 4) is 5.75 Å². The number of hydrogen-bond acceptors (Lipinski definition) is 2. The minimum Gasteiger partial charge on any atom is -0.497 e. The molecule has 0 spiro atoms. The molecule has 6 heteroatoms. The number of quaternary nitrogens is 2. The van der Waals surface area contributed by atoms with Gasteiger partial charge in [-0.25, -0.2) is 0 Å². The zero-order valence-corrected chi connectivity index (χ0v) is 16.7. The number of carbonyl (C=O) groups excluding carboxylic acids is 1. The molecule has 0 radical (unpaired) electrons. The van der Waals surface area contributed by atoms with Crippen LogP contribution in [0.1, 0.15) is 12.5 Å². The zero-order valence-electron chi connectivity index (χ0n) is 15.9. The number of nitrogens with one attached hydrogen (secondary N) is 3. The maximum atomic E-state index is 12.6. The predicted octanol–water partition coefficient (Wildman–Crippen LogP) is 0.659. The lowest BCUT2D eigenvalue weighted by Crippen LogP contribution is -3.29. The van der Waals surface area contributed by atoms with Crippen molar-refractivity contribution >= 4 is 23.2 Å². The minimum absolute atomic E-state index is 0.0524. The number of carbonyl (C=O) groups is 1. The third-order valence-corrected chi connectivity index (χ3v) is 5.52. The summed E-state index contributed by atoms with van der Waals surface area (Å²) < 4.78 is 5.21. The van der Waals surface area contributed by atoms with Gasteiger partial charge >= 0.3 is 0 Å². The lowest BCUT2D eigenvalue weighted by molar-refractivity contribution is -1.02. The van der Waals surface area contributed by atoms with E-state index in [1.54, 1.807) is 12.0 Å². The highest BCUT2D eigenvalue weighted by Gasteiger charge is 2.31. The van der Waals surface area contributed by atoms with Gasteiger partial charge < -0.3 is 19.9 Å². The third-order valence-electron chi connectivity index (χ3n) is 5.29. The number of methoxy groups -OCH3 is 1. The molecule has 2 aromatic carbocycles. The summed E-state index contributed by atoms with van der Waals surface area (Å²) in [6, 6.07) is 15.5. The number of piperazine rings is 1. The number of ether oxygens (including phenoxy) is 1. The number of rotatable bonds is 6. The highest BCUT2D eigenvalue weighted by molar-refractivity contribution is 6.30. The average Bonchev–Trinajstić information content (AvgIpc) is 2.68. The fourth-order valence-corrected chi connectivity index (χ4v) is 3.82. The first-order valence-corrected chi connectivity index (χ1v) is 9.80. The van der Waals surface area contributed by atoms with E-state index in [-0.39, 0.29) is 11.9 Å². The number of amides is 1. The van der Waals surface area contributed by atoms with Gasteiger partial charge in [0.1, 0.15) is 38.5 Å². The van der Waals surface area contributed by atoms with Crippen LogP contribution in [0.15, 0.2) is 48.5 Å². The monoisotopic (exact) mass is 389 g/mol. The molecule has 0 aliphatic carbocycles. The van der Waals surface area contributed by atoms with Crippen LogP contribution in [0.4, 0.5) is 5.69 Å². The molecule has 0 bridgehead atoms. The first kappa shape index (κ1) is 19.7. The van der Waals surface area contributed by atoms with Gasteiger partial charge in [0.2, 0.25) is 0 Å². The summed E-state index contributed by atoms with van der Waals surface area (Å²) in [5.41, 5.74) is 2.04. The van der Waals surface area contributed by atoms with Gasteiger partial charge in [0.05, 0.1) is 7.11 Å². The quantitative estimate of drug-likeness (QED) is 0.679. The van der Waals surface area contributed by atoms with Crippen LogP contribution in [-0.4, -0.2) is 45.2 Å². The van der Waals surface area contributed by atoms with E-state index < -0.39 is 0 Å². The van der Waals surface area contributed by atoms with Crippen LogP contribution in [0, 0.1) is 0 Å². The Bertz CT molecular complexity index is 776. The Labute approximate surface area is 165 Å². The summed E-state index contributed by atoms with van der Waals surface area (Å²) in [4.78, 5) is 15.5. The molecule has 27 heavy (non-hydrogen) atoms. The van der Waals surface area contributed by atoms with E-state index in [2.05, 4.69) is 11.4 Å². The smallest absolute Gasteiger partial charge is 0.282 e. The van der Waals surface area contributed by atoms with Crippen LogP contribution >= 0.6 is 11.6 Å². The average molecular weight is 390 g/mol. The Morgan fingerprint density at radius 1 is 1.15 bits per heavy atom. The van der Waals surface area contributed by atoms with Crippen LogP contribution < -0.4 is 19.9 Å². The molecule has 0 unspecified atom stereocenters. The Kier molecular flexibility index (Phi) is 6.72. The molecule has 3 N–H and O–H groups in total.